The number of hydrogen-bond acceptors (Lipinski definition) is 3. The van der Waals surface area contributed by atoms with Crippen molar-refractivity contribution in [2.75, 3.05) is 0 Å². The van der Waals surface area contributed by atoms with Crippen molar-refractivity contribution >= 4 is 16.6 Å². The van der Waals surface area contributed by atoms with Gasteiger partial charge in [0.15, 0.2) is 0 Å². The molecule has 0 bridgehead atoms. The van der Waals surface area contributed by atoms with Crippen LogP contribution >= 0.6 is 0 Å². The summed E-state index contributed by atoms with van der Waals surface area (Å²) in [5, 5.41) is 14.7. The van der Waals surface area contributed by atoms with Gasteiger partial charge in [-0.3, -0.25) is 10.1 Å². The SMILES string of the molecule is [N-]=[N+]=NCn1ccc2cc([N+](=O)[O-])ccc21. The molecule has 7 heteroatoms. The molecule has 0 N–H and O–H groups in total. The van der Waals surface area contributed by atoms with Crippen LogP contribution in [-0.4, -0.2) is 9.49 Å². The van der Waals surface area contributed by atoms with Crippen LogP contribution in [0.25, 0.3) is 21.3 Å². The van der Waals surface area contributed by atoms with E-state index >= 15 is 0 Å². The Bertz CT molecular complexity index is 597. The Morgan fingerprint density at radius 1 is 1.50 bits per heavy atom. The minimum atomic E-state index is -0.440. The number of hydrogen-bond donors (Lipinski definition) is 0. The number of rotatable bonds is 3. The van der Waals surface area contributed by atoms with E-state index in [4.69, 9.17) is 5.53 Å². The summed E-state index contributed by atoms with van der Waals surface area (Å²) in [4.78, 5) is 12.8. The van der Waals surface area contributed by atoms with E-state index in [9.17, 15) is 10.1 Å². The fourth-order valence-corrected chi connectivity index (χ4v) is 1.52. The fraction of sp³-hybridized carbons (Fsp3) is 0.111. The summed E-state index contributed by atoms with van der Waals surface area (Å²) in [6.07, 6.45) is 1.73. The van der Waals surface area contributed by atoms with Crippen molar-refractivity contribution in [3.63, 3.8) is 0 Å². The normalized spacial score (nSPS) is 10.0. The average molecular weight is 217 g/mol. The van der Waals surface area contributed by atoms with Gasteiger partial charge >= 0.3 is 0 Å². The smallest absolute Gasteiger partial charge is 0.270 e. The summed E-state index contributed by atoms with van der Waals surface area (Å²) in [6, 6.07) is 6.30. The van der Waals surface area contributed by atoms with E-state index in [1.165, 1.54) is 12.1 Å². The van der Waals surface area contributed by atoms with Crippen molar-refractivity contribution in [3.8, 4) is 0 Å². The minimum absolute atomic E-state index is 0.0500. The third kappa shape index (κ3) is 1.67. The lowest BCUT2D eigenvalue weighted by Gasteiger charge is -1.99. The number of nitro benzene ring substituents is 1. The molecule has 1 heterocycles. The molecule has 0 amide bonds. The van der Waals surface area contributed by atoms with Crippen LogP contribution in [0, 0.1) is 10.1 Å². The van der Waals surface area contributed by atoms with Gasteiger partial charge in [0, 0.05) is 34.1 Å². The van der Waals surface area contributed by atoms with Gasteiger partial charge in [-0.15, -0.1) is 0 Å². The maximum atomic E-state index is 10.6. The predicted octanol–water partition coefficient (Wildman–Crippen LogP) is 2.82. The lowest BCUT2D eigenvalue weighted by atomic mass is 10.2. The van der Waals surface area contributed by atoms with Crippen LogP contribution in [0.3, 0.4) is 0 Å². The van der Waals surface area contributed by atoms with Gasteiger partial charge in [0.25, 0.3) is 5.69 Å². The van der Waals surface area contributed by atoms with E-state index in [0.717, 1.165) is 10.9 Å². The summed E-state index contributed by atoms with van der Waals surface area (Å²) < 4.78 is 1.72. The molecule has 0 saturated heterocycles. The molecule has 1 aromatic heterocycles. The second-order valence-electron chi connectivity index (χ2n) is 3.16. The molecule has 0 saturated carbocycles. The number of nitrogens with zero attached hydrogens (tertiary/aromatic N) is 5. The molecule has 16 heavy (non-hydrogen) atoms. The van der Waals surface area contributed by atoms with Crippen LogP contribution in [0.5, 0.6) is 0 Å². The average Bonchev–Trinajstić information content (AvgIpc) is 2.68. The molecule has 2 rings (SSSR count). The molecule has 7 nitrogen and oxygen atoms in total. The Morgan fingerprint density at radius 2 is 2.31 bits per heavy atom. The van der Waals surface area contributed by atoms with E-state index < -0.39 is 4.92 Å². The first-order valence-corrected chi connectivity index (χ1v) is 4.46. The first kappa shape index (κ1) is 10.0. The topological polar surface area (TPSA) is 96.8 Å². The largest absolute Gasteiger partial charge is 0.342 e. The van der Waals surface area contributed by atoms with Gasteiger partial charge in [-0.05, 0) is 17.7 Å². The van der Waals surface area contributed by atoms with Gasteiger partial charge in [-0.1, -0.05) is 5.11 Å². The number of non-ortho nitro benzene ring substituents is 1. The third-order valence-corrected chi connectivity index (χ3v) is 2.24. The molecule has 0 aliphatic rings. The molecule has 0 aliphatic heterocycles. The lowest BCUT2D eigenvalue weighted by Crippen LogP contribution is -1.92. The third-order valence-electron chi connectivity index (χ3n) is 2.24. The molecule has 1 aromatic carbocycles. The molecule has 0 radical (unpaired) electrons. The molecule has 0 unspecified atom stereocenters. The van der Waals surface area contributed by atoms with Crippen LogP contribution in [-0.2, 0) is 6.67 Å². The van der Waals surface area contributed by atoms with Gasteiger partial charge in [0.2, 0.25) is 0 Å². The van der Waals surface area contributed by atoms with E-state index in [1.807, 2.05) is 0 Å². The maximum Gasteiger partial charge on any atom is 0.270 e. The first-order chi connectivity index (χ1) is 7.72. The van der Waals surface area contributed by atoms with Crippen LogP contribution in [0.4, 0.5) is 5.69 Å². The minimum Gasteiger partial charge on any atom is -0.342 e. The molecular formula is C9H7N5O2. The molecule has 2 aromatic rings. The number of azide groups is 1. The van der Waals surface area contributed by atoms with Crippen LogP contribution in [0.15, 0.2) is 35.6 Å². The maximum absolute atomic E-state index is 10.6. The highest BCUT2D eigenvalue weighted by molar-refractivity contribution is 5.82. The van der Waals surface area contributed by atoms with Crippen LogP contribution < -0.4 is 0 Å². The highest BCUT2D eigenvalue weighted by Gasteiger charge is 2.07. The van der Waals surface area contributed by atoms with Gasteiger partial charge in [0.05, 0.1) is 4.92 Å². The monoisotopic (exact) mass is 217 g/mol. The zero-order valence-corrected chi connectivity index (χ0v) is 8.15. The number of aromatic nitrogens is 1. The van der Waals surface area contributed by atoms with E-state index in [1.54, 1.807) is 22.9 Å². The number of fused-ring (bicyclic) bond motifs is 1. The standard InChI is InChI=1S/C9H7N5O2/c10-12-11-6-13-4-3-7-5-8(14(15)16)1-2-9(7)13/h1-5H,6H2. The van der Waals surface area contributed by atoms with E-state index in [2.05, 4.69) is 10.0 Å². The Balaban J connectivity index is 2.50. The zero-order chi connectivity index (χ0) is 11.5. The summed E-state index contributed by atoms with van der Waals surface area (Å²) in [7, 11) is 0. The second kappa shape index (κ2) is 3.92. The van der Waals surface area contributed by atoms with Gasteiger partial charge in [-0.25, -0.2) is 0 Å². The van der Waals surface area contributed by atoms with Crippen LogP contribution in [0.1, 0.15) is 0 Å². The molecule has 0 atom stereocenters. The van der Waals surface area contributed by atoms with E-state index in [0.29, 0.717) is 0 Å². The number of benzene rings is 1. The molecule has 0 aliphatic carbocycles. The quantitative estimate of drug-likeness (QED) is 0.259. The predicted molar refractivity (Wildman–Crippen MR) is 57.7 cm³/mol. The molecule has 80 valence electrons. The zero-order valence-electron chi connectivity index (χ0n) is 8.15. The lowest BCUT2D eigenvalue weighted by molar-refractivity contribution is -0.384. The van der Waals surface area contributed by atoms with Crippen molar-refractivity contribution in [2.24, 2.45) is 5.11 Å². The second-order valence-corrected chi connectivity index (χ2v) is 3.16. The van der Waals surface area contributed by atoms with Crippen molar-refractivity contribution in [1.82, 2.24) is 4.57 Å². The van der Waals surface area contributed by atoms with Crippen molar-refractivity contribution in [1.29, 1.82) is 0 Å². The van der Waals surface area contributed by atoms with Crippen LogP contribution in [0.2, 0.25) is 0 Å². The summed E-state index contributed by atoms with van der Waals surface area (Å²) in [6.45, 7) is 0.178. The summed E-state index contributed by atoms with van der Waals surface area (Å²) in [5.41, 5.74) is 9.06. The van der Waals surface area contributed by atoms with Gasteiger partial charge in [-0.2, -0.15) is 0 Å². The van der Waals surface area contributed by atoms with Crippen molar-refractivity contribution in [3.05, 3.63) is 51.0 Å². The highest BCUT2D eigenvalue weighted by Crippen LogP contribution is 2.21. The number of nitro groups is 1. The van der Waals surface area contributed by atoms with E-state index in [-0.39, 0.29) is 12.4 Å². The molecule has 0 spiro atoms. The molecular weight excluding hydrogens is 210 g/mol. The van der Waals surface area contributed by atoms with Gasteiger partial charge in [0.1, 0.15) is 6.67 Å². The first-order valence-electron chi connectivity index (χ1n) is 4.46. The Labute approximate surface area is 89.7 Å². The Hall–Kier alpha value is -2.53. The fourth-order valence-electron chi connectivity index (χ4n) is 1.52. The summed E-state index contributed by atoms with van der Waals surface area (Å²) >= 11 is 0. The Kier molecular flexibility index (Phi) is 2.45. The Morgan fingerprint density at radius 3 is 3.00 bits per heavy atom. The van der Waals surface area contributed by atoms with Crippen molar-refractivity contribution in [2.45, 2.75) is 6.67 Å². The van der Waals surface area contributed by atoms with Crippen molar-refractivity contribution < 1.29 is 4.92 Å². The van der Waals surface area contributed by atoms with Gasteiger partial charge < -0.3 is 4.57 Å². The molecule has 0 fully saturated rings. The summed E-state index contributed by atoms with van der Waals surface area (Å²) in [5.74, 6) is 0. The highest BCUT2D eigenvalue weighted by atomic mass is 16.6.